The van der Waals surface area contributed by atoms with Crippen molar-refractivity contribution in [2.75, 3.05) is 34.0 Å². The Morgan fingerprint density at radius 3 is 2.16 bits per heavy atom. The first-order valence-electron chi connectivity index (χ1n) is 19.4. The highest BCUT2D eigenvalue weighted by Crippen LogP contribution is 2.52. The summed E-state index contributed by atoms with van der Waals surface area (Å²) in [4.78, 5) is 69.9. The van der Waals surface area contributed by atoms with Gasteiger partial charge in [0.05, 0.1) is 61.2 Å². The van der Waals surface area contributed by atoms with Crippen LogP contribution in [0.4, 0.5) is 0 Å². The first kappa shape index (κ1) is 41.6. The molecule has 2 atom stereocenters. The number of esters is 4. The van der Waals surface area contributed by atoms with Crippen LogP contribution in [0.2, 0.25) is 0 Å². The maximum atomic E-state index is 13.8. The lowest BCUT2D eigenvalue weighted by Crippen LogP contribution is -2.42. The number of carbonyl (C=O) groups excluding carboxylic acids is 4. The van der Waals surface area contributed by atoms with Gasteiger partial charge in [-0.15, -0.1) is 0 Å². The minimum Gasteiger partial charge on any atom is -0.469 e. The summed E-state index contributed by atoms with van der Waals surface area (Å²) in [6.45, 7) is 13.8. The smallest absolute Gasteiger partial charge is 0.334 e. The van der Waals surface area contributed by atoms with Crippen molar-refractivity contribution >= 4 is 68.7 Å². The van der Waals surface area contributed by atoms with E-state index in [1.807, 2.05) is 58.9 Å². The van der Waals surface area contributed by atoms with Crippen LogP contribution < -0.4 is 0 Å². The molecule has 3 aromatic heterocycles. The van der Waals surface area contributed by atoms with E-state index in [2.05, 4.69) is 16.5 Å². The van der Waals surface area contributed by atoms with Gasteiger partial charge in [-0.3, -0.25) is 19.4 Å². The number of rotatable bonds is 13. The van der Waals surface area contributed by atoms with Crippen molar-refractivity contribution in [2.45, 2.75) is 72.1 Å². The molecule has 2 aliphatic heterocycles. The van der Waals surface area contributed by atoms with E-state index in [4.69, 9.17) is 28.9 Å². The molecule has 5 heterocycles. The number of fused-ring (bicyclic) bond motifs is 11. The predicted molar refractivity (Wildman–Crippen MR) is 221 cm³/mol. The molecule has 0 fully saturated rings. The number of aryl methyl sites for hydroxylation is 3. The van der Waals surface area contributed by atoms with Gasteiger partial charge in [-0.25, -0.2) is 9.78 Å². The zero-order valence-corrected chi connectivity index (χ0v) is 34.1. The average Bonchev–Trinajstić information content (AvgIpc) is 3.87. The highest BCUT2D eigenvalue weighted by Gasteiger charge is 2.53. The number of aliphatic hydroxyl groups excluding tert-OH is 1. The maximum Gasteiger partial charge on any atom is 0.334 e. The van der Waals surface area contributed by atoms with Crippen LogP contribution in [0, 0.1) is 19.8 Å². The number of methoxy groups -OCH3 is 2. The zero-order chi connectivity index (χ0) is 41.9. The van der Waals surface area contributed by atoms with Crippen molar-refractivity contribution in [2.24, 2.45) is 5.92 Å². The van der Waals surface area contributed by atoms with Crippen molar-refractivity contribution < 1.29 is 43.2 Å². The van der Waals surface area contributed by atoms with E-state index in [9.17, 15) is 24.3 Å². The highest BCUT2D eigenvalue weighted by molar-refractivity contribution is 6.02. The summed E-state index contributed by atoms with van der Waals surface area (Å²) >= 11 is 0. The lowest BCUT2D eigenvalue weighted by atomic mass is 9.64. The minimum atomic E-state index is -1.18. The molecule has 0 saturated heterocycles. The van der Waals surface area contributed by atoms with Crippen LogP contribution in [0.15, 0.2) is 48.6 Å². The Kier molecular flexibility index (Phi) is 12.3. The predicted octanol–water partition coefficient (Wildman–Crippen LogP) is 6.95. The second-order valence-electron chi connectivity index (χ2n) is 14.7. The van der Waals surface area contributed by atoms with Gasteiger partial charge >= 0.3 is 23.9 Å². The largest absolute Gasteiger partial charge is 0.469 e. The van der Waals surface area contributed by atoms with Gasteiger partial charge in [0.2, 0.25) is 0 Å². The number of aliphatic hydroxyl groups is 1. The molecule has 0 saturated carbocycles. The third-order valence-corrected chi connectivity index (χ3v) is 11.3. The summed E-state index contributed by atoms with van der Waals surface area (Å²) in [5.74, 6) is -3.15. The summed E-state index contributed by atoms with van der Waals surface area (Å²) in [6.07, 6.45) is 6.77. The van der Waals surface area contributed by atoms with Crippen molar-refractivity contribution in [3.8, 4) is 0 Å². The molecule has 304 valence electrons. The van der Waals surface area contributed by atoms with Crippen LogP contribution in [0.3, 0.4) is 0 Å². The minimum absolute atomic E-state index is 0.0380. The Morgan fingerprint density at radius 2 is 1.48 bits per heavy atom. The van der Waals surface area contributed by atoms with Gasteiger partial charge in [-0.05, 0) is 105 Å². The van der Waals surface area contributed by atoms with Gasteiger partial charge in [0.1, 0.15) is 12.5 Å². The monoisotopic (exact) mass is 790 g/mol. The van der Waals surface area contributed by atoms with Crippen LogP contribution in [0.1, 0.15) is 91.5 Å². The lowest BCUT2D eigenvalue weighted by Gasteiger charge is -2.36. The second-order valence-corrected chi connectivity index (χ2v) is 14.7. The van der Waals surface area contributed by atoms with Gasteiger partial charge in [-0.1, -0.05) is 31.7 Å². The molecule has 2 unspecified atom stereocenters. The molecule has 58 heavy (non-hydrogen) atoms. The number of nitrogens with one attached hydrogen (secondary N) is 2. The molecular formula is C45H50N4O9. The van der Waals surface area contributed by atoms with Gasteiger partial charge in [-0.2, -0.15) is 0 Å². The third-order valence-electron chi connectivity index (χ3n) is 11.3. The molecule has 0 radical (unpaired) electrons. The Morgan fingerprint density at radius 1 is 0.828 bits per heavy atom. The fraction of sp³-hybridized carbons (Fsp3) is 0.378. The fourth-order valence-corrected chi connectivity index (χ4v) is 8.10. The van der Waals surface area contributed by atoms with Gasteiger partial charge in [0.25, 0.3) is 0 Å². The normalized spacial score (nSPS) is 17.2. The van der Waals surface area contributed by atoms with E-state index in [1.54, 1.807) is 18.2 Å². The van der Waals surface area contributed by atoms with Crippen LogP contribution in [0.5, 0.6) is 0 Å². The Hall–Kier alpha value is -6.08. The molecule has 6 rings (SSSR count). The molecule has 13 nitrogen and oxygen atoms in total. The molecule has 13 heteroatoms. The van der Waals surface area contributed by atoms with Crippen LogP contribution in [-0.4, -0.2) is 83.0 Å². The molecule has 3 N–H and O–H groups in total. The van der Waals surface area contributed by atoms with Crippen LogP contribution >= 0.6 is 0 Å². The lowest BCUT2D eigenvalue weighted by molar-refractivity contribution is -0.149. The molecule has 1 aliphatic carbocycles. The number of nitrogens with zero attached hydrogens (tertiary/aromatic N) is 2. The molecule has 0 aromatic carbocycles. The third kappa shape index (κ3) is 7.66. The van der Waals surface area contributed by atoms with Gasteiger partial charge in [0, 0.05) is 40.5 Å². The summed E-state index contributed by atoms with van der Waals surface area (Å²) in [5.41, 5.74) is 10.1. The van der Waals surface area contributed by atoms with E-state index in [0.717, 1.165) is 50.9 Å². The number of aromatic amines is 2. The SMILES string of the molecule is C=Cc1c(C)c2cc3nc(cc4[nH]c(cc5nc(cc1[nH]2)C(C)=C5CCC(=O)OCCC)c(CCC(=O)OCCO)c4C)C1(C)C3=CC=C(C(=O)OC)C1C(=O)OC. The standard InChI is InChI=1S/C45H50N4O9/c1-9-18-57-40(51)15-12-28-25(4)32-20-35-27(10-2)24(3)33(46-35)21-38-31-14-11-30(43(53)55-7)42(44(54)56-8)45(31,6)39(49-38)23-34-26(5)29(13-16-41(52)58-19-17-50)37(48-34)22-36(28)47-32/h10-11,14,20-23,42,46,48,50H,2,9,12-13,15-19H2,1,3-8H3. The first-order valence-corrected chi connectivity index (χ1v) is 19.4. The number of hydrogen-bond acceptors (Lipinski definition) is 11. The molecule has 0 amide bonds. The van der Waals surface area contributed by atoms with Crippen molar-refractivity contribution in [3.63, 3.8) is 0 Å². The number of hydrogen-bond donors (Lipinski definition) is 3. The number of allylic oxidation sites excluding steroid dienone is 5. The van der Waals surface area contributed by atoms with Crippen molar-refractivity contribution in [3.05, 3.63) is 93.6 Å². The van der Waals surface area contributed by atoms with Crippen LogP contribution in [-0.2, 0) is 50.0 Å². The summed E-state index contributed by atoms with van der Waals surface area (Å²) in [7, 11) is 2.55. The fourth-order valence-electron chi connectivity index (χ4n) is 8.10. The van der Waals surface area contributed by atoms with E-state index < -0.39 is 29.2 Å². The number of ether oxygens (including phenoxy) is 4. The summed E-state index contributed by atoms with van der Waals surface area (Å²) in [6, 6.07) is 7.68. The topological polar surface area (TPSA) is 183 Å². The first-order chi connectivity index (χ1) is 27.8. The molecule has 3 aliphatic rings. The summed E-state index contributed by atoms with van der Waals surface area (Å²) < 4.78 is 21.1. The Balaban J connectivity index is 1.70. The van der Waals surface area contributed by atoms with Crippen molar-refractivity contribution in [1.29, 1.82) is 0 Å². The quantitative estimate of drug-likeness (QED) is 0.120. The van der Waals surface area contributed by atoms with Crippen molar-refractivity contribution in [1.82, 2.24) is 19.9 Å². The Labute approximate surface area is 336 Å². The number of aromatic nitrogens is 4. The van der Waals surface area contributed by atoms with Gasteiger partial charge in [0.15, 0.2) is 0 Å². The summed E-state index contributed by atoms with van der Waals surface area (Å²) in [5, 5.41) is 9.23. The van der Waals surface area contributed by atoms with E-state index in [0.29, 0.717) is 52.4 Å². The van der Waals surface area contributed by atoms with E-state index >= 15 is 0 Å². The number of H-pyrrole nitrogens is 2. The maximum absolute atomic E-state index is 13.8. The zero-order valence-electron chi connectivity index (χ0n) is 34.1. The van der Waals surface area contributed by atoms with Crippen LogP contribution in [0.25, 0.3) is 44.9 Å². The van der Waals surface area contributed by atoms with E-state index in [-0.39, 0.29) is 44.0 Å². The molecule has 8 bridgehead atoms. The highest BCUT2D eigenvalue weighted by atomic mass is 16.5. The molecule has 3 aromatic rings. The van der Waals surface area contributed by atoms with Gasteiger partial charge < -0.3 is 34.0 Å². The molecular weight excluding hydrogens is 741 g/mol. The number of carbonyl (C=O) groups is 4. The average molecular weight is 791 g/mol. The molecule has 0 spiro atoms. The second kappa shape index (κ2) is 17.2. The van der Waals surface area contributed by atoms with E-state index in [1.165, 1.54) is 14.2 Å². The Bertz CT molecular complexity index is 2470.